The van der Waals surface area contributed by atoms with E-state index in [1.54, 1.807) is 6.92 Å². The summed E-state index contributed by atoms with van der Waals surface area (Å²) in [5.41, 5.74) is 5.66. The standard InChI is InChI=1S/C10H20N2O4S/c1-2-9(11)10(14)12(4-5-13)8-3-6-17(15,16)7-8/h8-9,13H,2-7,11H2,1H3. The van der Waals surface area contributed by atoms with Gasteiger partial charge in [-0.15, -0.1) is 0 Å². The van der Waals surface area contributed by atoms with E-state index in [9.17, 15) is 13.2 Å². The third kappa shape index (κ3) is 3.65. The monoisotopic (exact) mass is 264 g/mol. The Morgan fingerprint density at radius 1 is 1.59 bits per heavy atom. The molecule has 0 bridgehead atoms. The molecule has 2 unspecified atom stereocenters. The van der Waals surface area contributed by atoms with Gasteiger partial charge in [-0.2, -0.15) is 0 Å². The predicted octanol–water partition coefficient (Wildman–Crippen LogP) is -1.27. The van der Waals surface area contributed by atoms with Crippen molar-refractivity contribution >= 4 is 15.7 Å². The lowest BCUT2D eigenvalue weighted by Crippen LogP contribution is -2.50. The van der Waals surface area contributed by atoms with Gasteiger partial charge in [-0.3, -0.25) is 4.79 Å². The first kappa shape index (κ1) is 14.4. The van der Waals surface area contributed by atoms with Gasteiger partial charge in [0.25, 0.3) is 0 Å². The fourth-order valence-electron chi connectivity index (χ4n) is 1.99. The minimum absolute atomic E-state index is 0.0187. The average Bonchev–Trinajstić information content (AvgIpc) is 2.64. The molecule has 2 atom stereocenters. The van der Waals surface area contributed by atoms with Crippen LogP contribution in [0.15, 0.2) is 0 Å². The van der Waals surface area contributed by atoms with Gasteiger partial charge in [0.05, 0.1) is 24.2 Å². The fourth-order valence-corrected chi connectivity index (χ4v) is 3.72. The largest absolute Gasteiger partial charge is 0.395 e. The molecule has 1 aliphatic heterocycles. The van der Waals surface area contributed by atoms with Crippen molar-refractivity contribution in [2.75, 3.05) is 24.7 Å². The molecule has 1 saturated heterocycles. The number of aliphatic hydroxyl groups is 1. The Labute approximate surface area is 102 Å². The molecule has 100 valence electrons. The molecule has 0 saturated carbocycles. The Balaban J connectivity index is 2.76. The molecule has 1 aliphatic rings. The lowest BCUT2D eigenvalue weighted by atomic mass is 10.1. The Morgan fingerprint density at radius 3 is 2.65 bits per heavy atom. The molecule has 1 rings (SSSR count). The molecule has 0 spiro atoms. The molecule has 1 heterocycles. The second kappa shape index (κ2) is 5.79. The SMILES string of the molecule is CCC(N)C(=O)N(CCO)C1CCS(=O)(=O)C1. The number of hydrogen-bond acceptors (Lipinski definition) is 5. The number of rotatable bonds is 5. The molecule has 7 heteroatoms. The highest BCUT2D eigenvalue weighted by Crippen LogP contribution is 2.18. The Kier molecular flexibility index (Phi) is 4.91. The third-order valence-corrected chi connectivity index (χ3v) is 4.78. The van der Waals surface area contributed by atoms with Crippen LogP contribution in [0.5, 0.6) is 0 Å². The molecule has 6 nitrogen and oxygen atoms in total. The van der Waals surface area contributed by atoms with Crippen LogP contribution < -0.4 is 5.73 Å². The van der Waals surface area contributed by atoms with Crippen molar-refractivity contribution in [1.82, 2.24) is 4.90 Å². The van der Waals surface area contributed by atoms with Crippen LogP contribution in [0.2, 0.25) is 0 Å². The van der Waals surface area contributed by atoms with Crippen LogP contribution >= 0.6 is 0 Å². The smallest absolute Gasteiger partial charge is 0.239 e. The number of amides is 1. The number of carbonyl (C=O) groups is 1. The average molecular weight is 264 g/mol. The second-order valence-electron chi connectivity index (χ2n) is 4.33. The van der Waals surface area contributed by atoms with E-state index in [-0.39, 0.29) is 36.6 Å². The normalized spacial score (nSPS) is 24.5. The first-order valence-corrected chi connectivity index (χ1v) is 7.60. The summed E-state index contributed by atoms with van der Waals surface area (Å²) >= 11 is 0. The van der Waals surface area contributed by atoms with Crippen molar-refractivity contribution in [1.29, 1.82) is 0 Å². The molecule has 3 N–H and O–H groups in total. The van der Waals surface area contributed by atoms with Gasteiger partial charge in [0.15, 0.2) is 9.84 Å². The van der Waals surface area contributed by atoms with Gasteiger partial charge in [0.2, 0.25) is 5.91 Å². The molecular formula is C10H20N2O4S. The van der Waals surface area contributed by atoms with E-state index in [0.717, 1.165) is 0 Å². The number of hydrogen-bond donors (Lipinski definition) is 2. The van der Waals surface area contributed by atoms with E-state index < -0.39 is 15.9 Å². The van der Waals surface area contributed by atoms with E-state index in [0.29, 0.717) is 12.8 Å². The van der Waals surface area contributed by atoms with E-state index in [4.69, 9.17) is 10.8 Å². The number of nitrogens with two attached hydrogens (primary N) is 1. The maximum atomic E-state index is 12.0. The van der Waals surface area contributed by atoms with Gasteiger partial charge in [-0.05, 0) is 12.8 Å². The highest BCUT2D eigenvalue weighted by molar-refractivity contribution is 7.91. The topological polar surface area (TPSA) is 101 Å². The zero-order chi connectivity index (χ0) is 13.1. The summed E-state index contributed by atoms with van der Waals surface area (Å²) in [7, 11) is -3.04. The number of nitrogens with zero attached hydrogens (tertiary/aromatic N) is 1. The van der Waals surface area contributed by atoms with Crippen LogP contribution in [0.1, 0.15) is 19.8 Å². The van der Waals surface area contributed by atoms with E-state index in [1.807, 2.05) is 0 Å². The van der Waals surface area contributed by atoms with Gasteiger partial charge < -0.3 is 15.7 Å². The van der Waals surface area contributed by atoms with Crippen molar-refractivity contribution in [2.45, 2.75) is 31.8 Å². The van der Waals surface area contributed by atoms with Gasteiger partial charge in [0, 0.05) is 12.6 Å². The van der Waals surface area contributed by atoms with Gasteiger partial charge >= 0.3 is 0 Å². The van der Waals surface area contributed by atoms with E-state index in [1.165, 1.54) is 4.90 Å². The lowest BCUT2D eigenvalue weighted by molar-refractivity contribution is -0.135. The second-order valence-corrected chi connectivity index (χ2v) is 6.56. The summed E-state index contributed by atoms with van der Waals surface area (Å²) in [6.07, 6.45) is 0.935. The molecule has 0 aromatic heterocycles. The fraction of sp³-hybridized carbons (Fsp3) is 0.900. The zero-order valence-corrected chi connectivity index (χ0v) is 10.8. The zero-order valence-electron chi connectivity index (χ0n) is 10.0. The summed E-state index contributed by atoms with van der Waals surface area (Å²) in [6, 6.07) is -0.956. The van der Waals surface area contributed by atoms with Crippen LogP contribution in [0.3, 0.4) is 0 Å². The van der Waals surface area contributed by atoms with Crippen LogP contribution in [-0.2, 0) is 14.6 Å². The van der Waals surface area contributed by atoms with Crippen molar-refractivity contribution in [2.24, 2.45) is 5.73 Å². The highest BCUT2D eigenvalue weighted by Gasteiger charge is 2.35. The van der Waals surface area contributed by atoms with Crippen LogP contribution in [-0.4, -0.2) is 61.1 Å². The summed E-state index contributed by atoms with van der Waals surface area (Å²) in [6.45, 7) is 1.76. The molecule has 0 aromatic carbocycles. The van der Waals surface area contributed by atoms with Gasteiger partial charge in [0.1, 0.15) is 0 Å². The Bertz CT molecular complexity index is 369. The molecule has 1 amide bonds. The number of aliphatic hydroxyl groups excluding tert-OH is 1. The Morgan fingerprint density at radius 2 is 2.24 bits per heavy atom. The highest BCUT2D eigenvalue weighted by atomic mass is 32.2. The van der Waals surface area contributed by atoms with Gasteiger partial charge in [-0.1, -0.05) is 6.92 Å². The van der Waals surface area contributed by atoms with Crippen LogP contribution in [0.4, 0.5) is 0 Å². The van der Waals surface area contributed by atoms with Gasteiger partial charge in [-0.25, -0.2) is 8.42 Å². The molecule has 0 aromatic rings. The molecule has 0 aliphatic carbocycles. The van der Waals surface area contributed by atoms with E-state index >= 15 is 0 Å². The summed E-state index contributed by atoms with van der Waals surface area (Å²) in [5.74, 6) is -0.188. The maximum Gasteiger partial charge on any atom is 0.239 e. The minimum Gasteiger partial charge on any atom is -0.395 e. The number of carbonyl (C=O) groups excluding carboxylic acids is 1. The summed E-state index contributed by atoms with van der Waals surface area (Å²) < 4.78 is 22.8. The number of sulfone groups is 1. The van der Waals surface area contributed by atoms with E-state index in [2.05, 4.69) is 0 Å². The molecule has 1 fully saturated rings. The summed E-state index contributed by atoms with van der Waals surface area (Å²) in [4.78, 5) is 13.4. The van der Waals surface area contributed by atoms with Crippen molar-refractivity contribution in [3.8, 4) is 0 Å². The quantitative estimate of drug-likeness (QED) is 0.645. The van der Waals surface area contributed by atoms with Crippen LogP contribution in [0.25, 0.3) is 0 Å². The molecular weight excluding hydrogens is 244 g/mol. The minimum atomic E-state index is -3.04. The third-order valence-electron chi connectivity index (χ3n) is 3.03. The first-order valence-electron chi connectivity index (χ1n) is 5.78. The van der Waals surface area contributed by atoms with Crippen molar-refractivity contribution < 1.29 is 18.3 Å². The van der Waals surface area contributed by atoms with Crippen molar-refractivity contribution in [3.63, 3.8) is 0 Å². The van der Waals surface area contributed by atoms with Crippen molar-refractivity contribution in [3.05, 3.63) is 0 Å². The Hall–Kier alpha value is -0.660. The lowest BCUT2D eigenvalue weighted by Gasteiger charge is -2.29. The first-order chi connectivity index (χ1) is 7.91. The predicted molar refractivity (Wildman–Crippen MR) is 64.1 cm³/mol. The summed E-state index contributed by atoms with van der Waals surface area (Å²) in [5, 5.41) is 8.95. The van der Waals surface area contributed by atoms with Crippen LogP contribution in [0, 0.1) is 0 Å². The molecule has 17 heavy (non-hydrogen) atoms. The molecule has 0 radical (unpaired) electrons. The maximum absolute atomic E-state index is 12.0.